The lowest BCUT2D eigenvalue weighted by molar-refractivity contribution is -0.0412. The molecule has 1 spiro atoms. The van der Waals surface area contributed by atoms with Crippen LogP contribution >= 0.6 is 0 Å². The van der Waals surface area contributed by atoms with Crippen molar-refractivity contribution in [2.75, 3.05) is 43.9 Å². The van der Waals surface area contributed by atoms with Crippen LogP contribution in [0.1, 0.15) is 26.3 Å². The van der Waals surface area contributed by atoms with Crippen LogP contribution < -0.4 is 15.4 Å². The average Bonchev–Trinajstić information content (AvgIpc) is 2.35. The first kappa shape index (κ1) is 14.5. The Hall–Kier alpha value is -1.42. The van der Waals surface area contributed by atoms with E-state index in [0.717, 1.165) is 30.9 Å². The minimum atomic E-state index is 0.532. The summed E-state index contributed by atoms with van der Waals surface area (Å²) < 4.78 is 5.38. The number of nitrogens with two attached hydrogens (primary N) is 1. The van der Waals surface area contributed by atoms with Crippen LogP contribution in [-0.2, 0) is 6.42 Å². The van der Waals surface area contributed by atoms with Gasteiger partial charge in [0, 0.05) is 49.4 Å². The second-order valence-electron chi connectivity index (χ2n) is 6.93. The number of hydrogen-bond donors (Lipinski definition) is 1. The number of ether oxygens (including phenoxy) is 1. The van der Waals surface area contributed by atoms with Crippen molar-refractivity contribution in [2.45, 2.75) is 33.2 Å². The smallest absolute Gasteiger partial charge is 0.143 e. The van der Waals surface area contributed by atoms with Crippen LogP contribution in [0.15, 0.2) is 12.1 Å². The van der Waals surface area contributed by atoms with Gasteiger partial charge in [-0.1, -0.05) is 6.92 Å². The summed E-state index contributed by atoms with van der Waals surface area (Å²) in [5.41, 5.74) is 9.92. The molecule has 4 nitrogen and oxygen atoms in total. The summed E-state index contributed by atoms with van der Waals surface area (Å²) in [5.74, 6) is 0.792. The van der Waals surface area contributed by atoms with E-state index in [2.05, 4.69) is 42.7 Å². The highest BCUT2D eigenvalue weighted by molar-refractivity contribution is 5.68. The van der Waals surface area contributed by atoms with Gasteiger partial charge in [0.1, 0.15) is 5.75 Å². The molecule has 2 saturated heterocycles. The molecule has 0 bridgehead atoms. The number of hydrogen-bond acceptors (Lipinski definition) is 4. The summed E-state index contributed by atoms with van der Waals surface area (Å²) in [6.07, 6.45) is 1.01. The van der Waals surface area contributed by atoms with Gasteiger partial charge in [0.2, 0.25) is 0 Å². The first-order valence-corrected chi connectivity index (χ1v) is 7.93. The number of rotatable bonds is 4. The van der Waals surface area contributed by atoms with Crippen molar-refractivity contribution in [3.05, 3.63) is 17.7 Å². The van der Waals surface area contributed by atoms with E-state index in [1.54, 1.807) is 7.11 Å². The molecule has 21 heavy (non-hydrogen) atoms. The van der Waals surface area contributed by atoms with E-state index < -0.39 is 0 Å². The maximum Gasteiger partial charge on any atom is 0.143 e. The molecule has 4 heteroatoms. The SMILES string of the molecule is CCc1cc(N)c(OC)cc1N1CC2(C1)CN(C(C)C)C2. The summed E-state index contributed by atoms with van der Waals surface area (Å²) in [5, 5.41) is 0. The number of anilines is 2. The average molecular weight is 289 g/mol. The minimum absolute atomic E-state index is 0.532. The fourth-order valence-electron chi connectivity index (χ4n) is 3.70. The van der Waals surface area contributed by atoms with Gasteiger partial charge in [0.05, 0.1) is 12.8 Å². The highest BCUT2D eigenvalue weighted by Crippen LogP contribution is 2.44. The van der Waals surface area contributed by atoms with Gasteiger partial charge in [-0.2, -0.15) is 0 Å². The van der Waals surface area contributed by atoms with Crippen LogP contribution in [0.25, 0.3) is 0 Å². The third kappa shape index (κ3) is 2.35. The van der Waals surface area contributed by atoms with Gasteiger partial charge in [-0.3, -0.25) is 4.90 Å². The largest absolute Gasteiger partial charge is 0.495 e. The zero-order valence-corrected chi connectivity index (χ0v) is 13.6. The van der Waals surface area contributed by atoms with E-state index in [-0.39, 0.29) is 0 Å². The lowest BCUT2D eigenvalue weighted by Gasteiger charge is -2.62. The number of benzene rings is 1. The summed E-state index contributed by atoms with van der Waals surface area (Å²) in [6, 6.07) is 4.85. The normalized spacial score (nSPS) is 20.5. The van der Waals surface area contributed by atoms with Crippen LogP contribution in [0.3, 0.4) is 0 Å². The number of nitrogens with zero attached hydrogens (tertiary/aromatic N) is 2. The van der Waals surface area contributed by atoms with Crippen molar-refractivity contribution < 1.29 is 4.74 Å². The zero-order valence-electron chi connectivity index (χ0n) is 13.6. The third-order valence-electron chi connectivity index (χ3n) is 5.01. The molecule has 2 aliphatic heterocycles. The molecule has 0 aromatic heterocycles. The standard InChI is InChI=1S/C17H27N3O/c1-5-13-6-14(18)16(21-4)7-15(13)20-10-17(11-20)8-19(9-17)12(2)3/h6-7,12H,5,8-11,18H2,1-4H3. The van der Waals surface area contributed by atoms with Crippen LogP contribution in [0.4, 0.5) is 11.4 Å². The van der Waals surface area contributed by atoms with Gasteiger partial charge in [0.15, 0.2) is 0 Å². The fourth-order valence-corrected chi connectivity index (χ4v) is 3.70. The Bertz CT molecular complexity index is 527. The number of aryl methyl sites for hydroxylation is 1. The molecule has 1 aromatic rings. The van der Waals surface area contributed by atoms with E-state index >= 15 is 0 Å². The van der Waals surface area contributed by atoms with Gasteiger partial charge < -0.3 is 15.4 Å². The van der Waals surface area contributed by atoms with Gasteiger partial charge in [0.25, 0.3) is 0 Å². The van der Waals surface area contributed by atoms with Crippen LogP contribution in [-0.4, -0.2) is 44.2 Å². The number of nitrogen functional groups attached to an aromatic ring is 1. The second-order valence-corrected chi connectivity index (χ2v) is 6.93. The Morgan fingerprint density at radius 3 is 2.43 bits per heavy atom. The Morgan fingerprint density at radius 1 is 1.24 bits per heavy atom. The quantitative estimate of drug-likeness (QED) is 0.864. The Kier molecular flexibility index (Phi) is 3.52. The number of likely N-dealkylation sites (tertiary alicyclic amines) is 1. The third-order valence-corrected chi connectivity index (χ3v) is 5.01. The summed E-state index contributed by atoms with van der Waals surface area (Å²) >= 11 is 0. The van der Waals surface area contributed by atoms with Crippen molar-refractivity contribution in [3.8, 4) is 5.75 Å². The lowest BCUT2D eigenvalue weighted by atomic mass is 9.72. The molecule has 0 unspecified atom stereocenters. The van der Waals surface area contributed by atoms with E-state index in [4.69, 9.17) is 10.5 Å². The predicted molar refractivity (Wildman–Crippen MR) is 88.1 cm³/mol. The lowest BCUT2D eigenvalue weighted by Crippen LogP contribution is -2.73. The molecule has 3 rings (SSSR count). The molecule has 116 valence electrons. The number of methoxy groups -OCH3 is 1. The summed E-state index contributed by atoms with van der Waals surface area (Å²) in [6.45, 7) is 11.6. The molecule has 2 heterocycles. The second kappa shape index (κ2) is 5.09. The van der Waals surface area contributed by atoms with Gasteiger partial charge >= 0.3 is 0 Å². The first-order chi connectivity index (χ1) is 9.98. The Morgan fingerprint density at radius 2 is 1.90 bits per heavy atom. The van der Waals surface area contributed by atoms with E-state index in [0.29, 0.717) is 11.5 Å². The van der Waals surface area contributed by atoms with E-state index in [9.17, 15) is 0 Å². The minimum Gasteiger partial charge on any atom is -0.495 e. The maximum absolute atomic E-state index is 6.03. The summed E-state index contributed by atoms with van der Waals surface area (Å²) in [7, 11) is 1.69. The monoisotopic (exact) mass is 289 g/mol. The summed E-state index contributed by atoms with van der Waals surface area (Å²) in [4.78, 5) is 5.04. The van der Waals surface area contributed by atoms with Gasteiger partial charge in [-0.05, 0) is 31.9 Å². The topological polar surface area (TPSA) is 41.7 Å². The van der Waals surface area contributed by atoms with Crippen molar-refractivity contribution in [2.24, 2.45) is 5.41 Å². The molecule has 2 fully saturated rings. The molecule has 0 atom stereocenters. The van der Waals surface area contributed by atoms with Crippen molar-refractivity contribution in [1.82, 2.24) is 4.90 Å². The molecule has 0 radical (unpaired) electrons. The van der Waals surface area contributed by atoms with E-state index in [1.807, 2.05) is 0 Å². The molecular weight excluding hydrogens is 262 g/mol. The van der Waals surface area contributed by atoms with Crippen molar-refractivity contribution in [3.63, 3.8) is 0 Å². The molecule has 0 saturated carbocycles. The fraction of sp³-hybridized carbons (Fsp3) is 0.647. The van der Waals surface area contributed by atoms with Gasteiger partial charge in [-0.25, -0.2) is 0 Å². The van der Waals surface area contributed by atoms with Crippen LogP contribution in [0, 0.1) is 5.41 Å². The highest BCUT2D eigenvalue weighted by Gasteiger charge is 2.52. The van der Waals surface area contributed by atoms with Gasteiger partial charge in [-0.15, -0.1) is 0 Å². The Balaban J connectivity index is 1.72. The maximum atomic E-state index is 6.03. The predicted octanol–water partition coefficient (Wildman–Crippen LogP) is 2.37. The highest BCUT2D eigenvalue weighted by atomic mass is 16.5. The molecule has 0 aliphatic carbocycles. The molecule has 0 amide bonds. The molecule has 2 N–H and O–H groups in total. The Labute approximate surface area is 127 Å². The zero-order chi connectivity index (χ0) is 15.2. The molecule has 1 aromatic carbocycles. The van der Waals surface area contributed by atoms with E-state index in [1.165, 1.54) is 24.3 Å². The van der Waals surface area contributed by atoms with Crippen LogP contribution in [0.2, 0.25) is 0 Å². The van der Waals surface area contributed by atoms with Crippen LogP contribution in [0.5, 0.6) is 5.75 Å². The first-order valence-electron chi connectivity index (χ1n) is 7.93. The molecule has 2 aliphatic rings. The van der Waals surface area contributed by atoms with Crippen molar-refractivity contribution in [1.29, 1.82) is 0 Å². The van der Waals surface area contributed by atoms with Crippen molar-refractivity contribution >= 4 is 11.4 Å². The molecular formula is C17H27N3O.